The molecule has 0 saturated heterocycles. The van der Waals surface area contributed by atoms with Gasteiger partial charge in [0.25, 0.3) is 0 Å². The number of hydrogen-bond acceptors (Lipinski definition) is 3. The van der Waals surface area contributed by atoms with E-state index in [4.69, 9.17) is 9.57 Å². The summed E-state index contributed by atoms with van der Waals surface area (Å²) < 4.78 is 6.48. The van der Waals surface area contributed by atoms with Crippen molar-refractivity contribution in [3.8, 4) is 0 Å². The van der Waals surface area contributed by atoms with Gasteiger partial charge in [0.05, 0.1) is 6.61 Å². The third-order valence-corrected chi connectivity index (χ3v) is 2.81. The molecule has 4 nitrogen and oxygen atoms in total. The molecule has 1 aromatic heterocycles. The van der Waals surface area contributed by atoms with Gasteiger partial charge in [0.2, 0.25) is 6.20 Å². The summed E-state index contributed by atoms with van der Waals surface area (Å²) in [7, 11) is 1.55. The molecule has 0 aromatic carbocycles. The summed E-state index contributed by atoms with van der Waals surface area (Å²) in [5.74, 6) is -0.334. The first kappa shape index (κ1) is 10.9. The van der Waals surface area contributed by atoms with Crippen LogP contribution in [0.15, 0.2) is 12.3 Å². The average molecular weight is 222 g/mol. The molecule has 0 atom stereocenters. The molecule has 0 bridgehead atoms. The Kier molecular flexibility index (Phi) is 3.08. The van der Waals surface area contributed by atoms with Crippen LogP contribution < -0.4 is 9.57 Å². The second kappa shape index (κ2) is 4.51. The van der Waals surface area contributed by atoms with Gasteiger partial charge in [-0.05, 0) is 31.7 Å². The summed E-state index contributed by atoms with van der Waals surface area (Å²) in [6.07, 6.45) is 5.12. The van der Waals surface area contributed by atoms with Crippen molar-refractivity contribution < 1.29 is 19.1 Å². The largest absolute Gasteiger partial charge is 0.458 e. The van der Waals surface area contributed by atoms with Crippen LogP contribution in [-0.4, -0.2) is 19.7 Å². The van der Waals surface area contributed by atoms with Crippen molar-refractivity contribution in [3.63, 3.8) is 0 Å². The van der Waals surface area contributed by atoms with E-state index in [2.05, 4.69) is 0 Å². The van der Waals surface area contributed by atoms with E-state index >= 15 is 0 Å². The lowest BCUT2D eigenvalue weighted by Gasteiger charge is -2.03. The van der Waals surface area contributed by atoms with Gasteiger partial charge in [0.1, 0.15) is 7.11 Å². The Labute approximate surface area is 94.8 Å². The lowest BCUT2D eigenvalue weighted by molar-refractivity contribution is -0.887. The van der Waals surface area contributed by atoms with Crippen molar-refractivity contribution in [2.45, 2.75) is 26.2 Å². The summed E-state index contributed by atoms with van der Waals surface area (Å²) in [6, 6.07) is 1.88. The number of nitrogens with zero attached hydrogens (tertiary/aromatic N) is 1. The molecule has 16 heavy (non-hydrogen) atoms. The number of carbonyl (C=O) groups excluding carboxylic acids is 1. The number of aromatic nitrogens is 1. The third-order valence-electron chi connectivity index (χ3n) is 2.81. The summed E-state index contributed by atoms with van der Waals surface area (Å²) in [6.45, 7) is 2.17. The molecule has 0 saturated carbocycles. The summed E-state index contributed by atoms with van der Waals surface area (Å²) in [4.78, 5) is 16.9. The van der Waals surface area contributed by atoms with Gasteiger partial charge < -0.3 is 4.74 Å². The van der Waals surface area contributed by atoms with Gasteiger partial charge in [-0.3, -0.25) is 4.84 Å². The monoisotopic (exact) mass is 222 g/mol. The maximum atomic E-state index is 11.7. The van der Waals surface area contributed by atoms with E-state index in [1.807, 2.05) is 12.3 Å². The molecular weight excluding hydrogens is 206 g/mol. The predicted molar refractivity (Wildman–Crippen MR) is 57.1 cm³/mol. The fourth-order valence-corrected chi connectivity index (χ4v) is 2.05. The standard InChI is InChI=1S/C12H16NO3/c1-3-16-12(14)11-7-9-5-4-6-10(9)8-13(11)15-2/h7-8H,3-6H2,1-2H3/q+1. The lowest BCUT2D eigenvalue weighted by Crippen LogP contribution is -2.46. The van der Waals surface area contributed by atoms with Crippen LogP contribution in [0, 0.1) is 0 Å². The van der Waals surface area contributed by atoms with E-state index in [1.165, 1.54) is 15.9 Å². The molecule has 0 aliphatic heterocycles. The van der Waals surface area contributed by atoms with Crippen molar-refractivity contribution in [1.82, 2.24) is 0 Å². The fourth-order valence-electron chi connectivity index (χ4n) is 2.05. The zero-order valence-corrected chi connectivity index (χ0v) is 9.66. The Morgan fingerprint density at radius 2 is 2.19 bits per heavy atom. The van der Waals surface area contributed by atoms with Gasteiger partial charge in [-0.1, -0.05) is 0 Å². The second-order valence-electron chi connectivity index (χ2n) is 3.79. The first-order valence-electron chi connectivity index (χ1n) is 5.55. The second-order valence-corrected chi connectivity index (χ2v) is 3.79. The fraction of sp³-hybridized carbons (Fsp3) is 0.500. The molecule has 0 fully saturated rings. The van der Waals surface area contributed by atoms with E-state index < -0.39 is 0 Å². The van der Waals surface area contributed by atoms with Crippen LogP contribution >= 0.6 is 0 Å². The van der Waals surface area contributed by atoms with Crippen LogP contribution in [-0.2, 0) is 17.6 Å². The van der Waals surface area contributed by atoms with Crippen molar-refractivity contribution in [2.75, 3.05) is 13.7 Å². The number of aryl methyl sites for hydroxylation is 2. The Morgan fingerprint density at radius 1 is 1.44 bits per heavy atom. The van der Waals surface area contributed by atoms with Gasteiger partial charge in [0.15, 0.2) is 0 Å². The molecule has 1 aliphatic rings. The summed E-state index contributed by atoms with van der Waals surface area (Å²) in [5, 5.41) is 0. The van der Waals surface area contributed by atoms with E-state index in [0.29, 0.717) is 12.3 Å². The number of rotatable bonds is 3. The van der Waals surface area contributed by atoms with E-state index in [1.54, 1.807) is 14.0 Å². The van der Waals surface area contributed by atoms with Crippen molar-refractivity contribution >= 4 is 5.97 Å². The molecule has 0 unspecified atom stereocenters. The minimum absolute atomic E-state index is 0.334. The summed E-state index contributed by atoms with van der Waals surface area (Å²) >= 11 is 0. The predicted octanol–water partition coefficient (Wildman–Crippen LogP) is 0.698. The average Bonchev–Trinajstić information content (AvgIpc) is 2.74. The number of fused-ring (bicyclic) bond motifs is 1. The van der Waals surface area contributed by atoms with Crippen LogP contribution in [0.4, 0.5) is 0 Å². The molecule has 4 heteroatoms. The summed E-state index contributed by atoms with van der Waals surface area (Å²) in [5.41, 5.74) is 2.95. The Bertz CT molecular complexity index is 415. The highest BCUT2D eigenvalue weighted by Crippen LogP contribution is 2.20. The normalized spacial score (nSPS) is 13.4. The Morgan fingerprint density at radius 3 is 2.88 bits per heavy atom. The minimum atomic E-state index is -0.334. The Balaban J connectivity index is 2.39. The molecule has 0 spiro atoms. The minimum Gasteiger partial charge on any atom is -0.458 e. The van der Waals surface area contributed by atoms with Crippen LogP contribution in [0.2, 0.25) is 0 Å². The quantitative estimate of drug-likeness (QED) is 0.558. The number of pyridine rings is 1. The highest BCUT2D eigenvalue weighted by molar-refractivity contribution is 5.85. The van der Waals surface area contributed by atoms with Crippen LogP contribution in [0.1, 0.15) is 35.0 Å². The van der Waals surface area contributed by atoms with Gasteiger partial charge in [0, 0.05) is 16.4 Å². The first-order valence-corrected chi connectivity index (χ1v) is 5.55. The number of ether oxygens (including phenoxy) is 1. The topological polar surface area (TPSA) is 39.4 Å². The molecule has 1 aromatic rings. The zero-order valence-electron chi connectivity index (χ0n) is 9.66. The SMILES string of the molecule is CCOC(=O)c1cc2c(c[n+]1OC)CCC2. The van der Waals surface area contributed by atoms with Gasteiger partial charge in [-0.25, -0.2) is 4.79 Å². The molecule has 0 radical (unpaired) electrons. The molecular formula is C12H16NO3+. The van der Waals surface area contributed by atoms with E-state index in [9.17, 15) is 4.79 Å². The van der Waals surface area contributed by atoms with Crippen LogP contribution in [0.5, 0.6) is 0 Å². The van der Waals surface area contributed by atoms with E-state index in [0.717, 1.165) is 19.3 Å². The maximum absolute atomic E-state index is 11.7. The number of hydrogen-bond donors (Lipinski definition) is 0. The maximum Gasteiger partial charge on any atom is 0.408 e. The van der Waals surface area contributed by atoms with Gasteiger partial charge >= 0.3 is 11.7 Å². The number of carbonyl (C=O) groups is 1. The molecule has 0 N–H and O–H groups in total. The molecule has 86 valence electrons. The van der Waals surface area contributed by atoms with Crippen LogP contribution in [0.25, 0.3) is 0 Å². The molecule has 1 aliphatic carbocycles. The third kappa shape index (κ3) is 1.87. The van der Waals surface area contributed by atoms with Crippen LogP contribution in [0.3, 0.4) is 0 Å². The lowest BCUT2D eigenvalue weighted by atomic mass is 10.1. The van der Waals surface area contributed by atoms with Crippen molar-refractivity contribution in [3.05, 3.63) is 29.1 Å². The Hall–Kier alpha value is -1.58. The smallest absolute Gasteiger partial charge is 0.408 e. The molecule has 2 rings (SSSR count). The van der Waals surface area contributed by atoms with Gasteiger partial charge in [-0.2, -0.15) is 0 Å². The first-order chi connectivity index (χ1) is 7.76. The van der Waals surface area contributed by atoms with Crippen molar-refractivity contribution in [2.24, 2.45) is 0 Å². The molecule has 1 heterocycles. The molecule has 0 amide bonds. The zero-order chi connectivity index (χ0) is 11.5. The van der Waals surface area contributed by atoms with Crippen molar-refractivity contribution in [1.29, 1.82) is 0 Å². The highest BCUT2D eigenvalue weighted by atomic mass is 16.6. The van der Waals surface area contributed by atoms with E-state index in [-0.39, 0.29) is 5.97 Å². The highest BCUT2D eigenvalue weighted by Gasteiger charge is 2.27. The number of esters is 1. The van der Waals surface area contributed by atoms with Gasteiger partial charge in [-0.15, -0.1) is 0 Å².